The summed E-state index contributed by atoms with van der Waals surface area (Å²) in [6, 6.07) is 9.68. The van der Waals surface area contributed by atoms with Crippen LogP contribution in [0.3, 0.4) is 0 Å². The highest BCUT2D eigenvalue weighted by Crippen LogP contribution is 2.16. The van der Waals surface area contributed by atoms with Gasteiger partial charge in [-0.15, -0.1) is 6.42 Å². The average molecular weight is 257 g/mol. The first-order valence-electron chi connectivity index (χ1n) is 5.44. The second-order valence-electron chi connectivity index (χ2n) is 3.78. The Bertz CT molecular complexity index is 654. The van der Waals surface area contributed by atoms with Crippen LogP contribution in [-0.4, -0.2) is 5.91 Å². The first-order chi connectivity index (χ1) is 9.11. The number of terminal acetylenes is 1. The summed E-state index contributed by atoms with van der Waals surface area (Å²) in [5.74, 6) is -0.276. The number of carbonyl (C=O) groups excluding carboxylic acids is 1. The van der Waals surface area contributed by atoms with Crippen molar-refractivity contribution in [2.24, 2.45) is 0 Å². The fourth-order valence-electron chi connectivity index (χ4n) is 1.60. The van der Waals surface area contributed by atoms with Gasteiger partial charge in [-0.25, -0.2) is 8.78 Å². The number of rotatable bonds is 2. The van der Waals surface area contributed by atoms with E-state index in [1.54, 1.807) is 18.2 Å². The minimum Gasteiger partial charge on any atom is -0.322 e. The van der Waals surface area contributed by atoms with E-state index in [4.69, 9.17) is 6.42 Å². The van der Waals surface area contributed by atoms with Gasteiger partial charge >= 0.3 is 0 Å². The fourth-order valence-corrected chi connectivity index (χ4v) is 1.60. The average Bonchev–Trinajstić information content (AvgIpc) is 2.38. The van der Waals surface area contributed by atoms with Crippen LogP contribution in [0.1, 0.15) is 15.9 Å². The van der Waals surface area contributed by atoms with Crippen LogP contribution in [-0.2, 0) is 0 Å². The summed E-state index contributed by atoms with van der Waals surface area (Å²) in [4.78, 5) is 11.8. The Morgan fingerprint density at radius 2 is 1.74 bits per heavy atom. The maximum atomic E-state index is 13.4. The lowest BCUT2D eigenvalue weighted by Crippen LogP contribution is -2.15. The molecule has 2 aromatic carbocycles. The van der Waals surface area contributed by atoms with E-state index in [0.717, 1.165) is 12.1 Å². The molecule has 2 aromatic rings. The lowest BCUT2D eigenvalue weighted by atomic mass is 10.1. The van der Waals surface area contributed by atoms with E-state index in [2.05, 4.69) is 11.2 Å². The maximum Gasteiger partial charge on any atom is 0.261 e. The van der Waals surface area contributed by atoms with Gasteiger partial charge in [0.2, 0.25) is 0 Å². The molecule has 0 saturated carbocycles. The van der Waals surface area contributed by atoms with Gasteiger partial charge in [-0.1, -0.05) is 18.1 Å². The molecular formula is C15H9F2NO. The quantitative estimate of drug-likeness (QED) is 0.822. The SMILES string of the molecule is C#Cc1cccc(NC(=O)c2c(F)cccc2F)c1. The van der Waals surface area contributed by atoms with Crippen molar-refractivity contribution in [2.45, 2.75) is 0 Å². The van der Waals surface area contributed by atoms with Crippen LogP contribution in [0.5, 0.6) is 0 Å². The van der Waals surface area contributed by atoms with Crippen LogP contribution in [0, 0.1) is 24.0 Å². The Balaban J connectivity index is 2.29. The number of nitrogens with one attached hydrogen (secondary N) is 1. The molecule has 0 fully saturated rings. The third-order valence-electron chi connectivity index (χ3n) is 2.48. The number of carbonyl (C=O) groups is 1. The first kappa shape index (κ1) is 12.8. The Kier molecular flexibility index (Phi) is 3.58. The highest BCUT2D eigenvalue weighted by Gasteiger charge is 2.16. The van der Waals surface area contributed by atoms with E-state index >= 15 is 0 Å². The smallest absolute Gasteiger partial charge is 0.261 e. The van der Waals surface area contributed by atoms with Crippen molar-refractivity contribution in [1.82, 2.24) is 0 Å². The zero-order valence-electron chi connectivity index (χ0n) is 9.78. The molecule has 0 radical (unpaired) electrons. The van der Waals surface area contributed by atoms with E-state index in [1.165, 1.54) is 12.1 Å². The molecule has 0 saturated heterocycles. The topological polar surface area (TPSA) is 29.1 Å². The normalized spacial score (nSPS) is 9.74. The molecule has 2 rings (SSSR count). The lowest BCUT2D eigenvalue weighted by molar-refractivity contribution is 0.101. The largest absolute Gasteiger partial charge is 0.322 e. The predicted molar refractivity (Wildman–Crippen MR) is 68.7 cm³/mol. The van der Waals surface area contributed by atoms with Crippen LogP contribution in [0.4, 0.5) is 14.5 Å². The van der Waals surface area contributed by atoms with Crippen LogP contribution in [0.2, 0.25) is 0 Å². The summed E-state index contributed by atoms with van der Waals surface area (Å²) >= 11 is 0. The molecule has 0 heterocycles. The second kappa shape index (κ2) is 5.32. The molecule has 0 aliphatic rings. The lowest BCUT2D eigenvalue weighted by Gasteiger charge is -2.07. The van der Waals surface area contributed by atoms with Gasteiger partial charge in [0.05, 0.1) is 0 Å². The van der Waals surface area contributed by atoms with Gasteiger partial charge in [-0.05, 0) is 30.3 Å². The van der Waals surface area contributed by atoms with Gasteiger partial charge in [0, 0.05) is 11.3 Å². The van der Waals surface area contributed by atoms with Crippen LogP contribution >= 0.6 is 0 Å². The summed E-state index contributed by atoms with van der Waals surface area (Å²) in [6.45, 7) is 0. The molecule has 94 valence electrons. The van der Waals surface area contributed by atoms with E-state index in [-0.39, 0.29) is 0 Å². The fraction of sp³-hybridized carbons (Fsp3) is 0. The van der Waals surface area contributed by atoms with E-state index in [0.29, 0.717) is 11.3 Å². The Morgan fingerprint density at radius 3 is 2.37 bits per heavy atom. The van der Waals surface area contributed by atoms with Crippen LogP contribution < -0.4 is 5.32 Å². The number of hydrogen-bond acceptors (Lipinski definition) is 1. The number of halogens is 2. The molecule has 0 aromatic heterocycles. The van der Waals surface area contributed by atoms with Crippen molar-refractivity contribution >= 4 is 11.6 Å². The third kappa shape index (κ3) is 2.78. The summed E-state index contributed by atoms with van der Waals surface area (Å²) in [5.41, 5.74) is 0.323. The van der Waals surface area contributed by atoms with Gasteiger partial charge in [-0.2, -0.15) is 0 Å². The van der Waals surface area contributed by atoms with Gasteiger partial charge in [0.25, 0.3) is 5.91 Å². The summed E-state index contributed by atoms with van der Waals surface area (Å²) < 4.78 is 26.8. The highest BCUT2D eigenvalue weighted by molar-refractivity contribution is 6.04. The number of anilines is 1. The van der Waals surface area contributed by atoms with Crippen LogP contribution in [0.15, 0.2) is 42.5 Å². The molecule has 2 nitrogen and oxygen atoms in total. The Morgan fingerprint density at radius 1 is 1.11 bits per heavy atom. The summed E-state index contributed by atoms with van der Waals surface area (Å²) in [5, 5.41) is 2.40. The van der Waals surface area contributed by atoms with Crippen molar-refractivity contribution in [3.05, 3.63) is 65.2 Å². The van der Waals surface area contributed by atoms with Gasteiger partial charge in [-0.3, -0.25) is 4.79 Å². The van der Waals surface area contributed by atoms with E-state index < -0.39 is 23.1 Å². The summed E-state index contributed by atoms with van der Waals surface area (Å²) in [6.07, 6.45) is 5.23. The molecule has 0 aliphatic carbocycles. The summed E-state index contributed by atoms with van der Waals surface area (Å²) in [7, 11) is 0. The number of amides is 1. The molecular weight excluding hydrogens is 248 g/mol. The molecule has 4 heteroatoms. The van der Waals surface area contributed by atoms with Crippen molar-refractivity contribution in [1.29, 1.82) is 0 Å². The third-order valence-corrected chi connectivity index (χ3v) is 2.48. The monoisotopic (exact) mass is 257 g/mol. The molecule has 0 spiro atoms. The van der Waals surface area contributed by atoms with Crippen LogP contribution in [0.25, 0.3) is 0 Å². The van der Waals surface area contributed by atoms with Gasteiger partial charge in [0.1, 0.15) is 17.2 Å². The number of hydrogen-bond donors (Lipinski definition) is 1. The first-order valence-corrected chi connectivity index (χ1v) is 5.44. The molecule has 0 unspecified atom stereocenters. The molecule has 0 bridgehead atoms. The minimum absolute atomic E-state index is 0.378. The molecule has 19 heavy (non-hydrogen) atoms. The zero-order valence-corrected chi connectivity index (χ0v) is 9.78. The second-order valence-corrected chi connectivity index (χ2v) is 3.78. The molecule has 0 aliphatic heterocycles. The minimum atomic E-state index is -0.911. The number of benzene rings is 2. The maximum absolute atomic E-state index is 13.4. The molecule has 0 atom stereocenters. The van der Waals surface area contributed by atoms with E-state index in [9.17, 15) is 13.6 Å². The highest BCUT2D eigenvalue weighted by atomic mass is 19.1. The van der Waals surface area contributed by atoms with Crippen molar-refractivity contribution < 1.29 is 13.6 Å². The molecule has 1 amide bonds. The predicted octanol–water partition coefficient (Wildman–Crippen LogP) is 3.20. The molecule has 1 N–H and O–H groups in total. The van der Waals surface area contributed by atoms with Crippen molar-refractivity contribution in [3.8, 4) is 12.3 Å². The zero-order chi connectivity index (χ0) is 13.8. The standard InChI is InChI=1S/C15H9F2NO/c1-2-10-5-3-6-11(9-10)18-15(19)14-12(16)7-4-8-13(14)17/h1,3-9H,(H,18,19). The van der Waals surface area contributed by atoms with Crippen molar-refractivity contribution in [3.63, 3.8) is 0 Å². The Labute approximate surface area is 109 Å². The van der Waals surface area contributed by atoms with E-state index in [1.807, 2.05) is 0 Å². The van der Waals surface area contributed by atoms with Gasteiger partial charge in [0.15, 0.2) is 0 Å². The Hall–Kier alpha value is -2.67. The van der Waals surface area contributed by atoms with Crippen molar-refractivity contribution in [2.75, 3.05) is 5.32 Å². The van der Waals surface area contributed by atoms with Gasteiger partial charge < -0.3 is 5.32 Å².